The Labute approximate surface area is 235 Å². The third kappa shape index (κ3) is 4.60. The molecule has 0 aliphatic heterocycles. The van der Waals surface area contributed by atoms with E-state index >= 15 is 0 Å². The molecule has 0 heterocycles. The molecule has 0 spiro atoms. The molecule has 2 aliphatic rings. The van der Waals surface area contributed by atoms with Crippen molar-refractivity contribution in [2.24, 2.45) is 11.3 Å². The number of fused-ring (bicyclic) bond motifs is 3. The van der Waals surface area contributed by atoms with Gasteiger partial charge < -0.3 is 0 Å². The van der Waals surface area contributed by atoms with Crippen LogP contribution in [0.15, 0.2) is 124 Å². The predicted molar refractivity (Wildman–Crippen MR) is 160 cm³/mol. The third-order valence-electron chi connectivity index (χ3n) is 8.18. The summed E-state index contributed by atoms with van der Waals surface area (Å²) in [5.74, 6) is 0.515. The van der Waals surface area contributed by atoms with Crippen LogP contribution >= 0.6 is 0 Å². The molecule has 0 saturated heterocycles. The summed E-state index contributed by atoms with van der Waals surface area (Å²) < 4.78 is 4.98. The van der Waals surface area contributed by atoms with E-state index in [-0.39, 0.29) is 5.41 Å². The molecule has 0 radical (unpaired) electrons. The minimum absolute atomic E-state index is 0.151. The Morgan fingerprint density at radius 3 is 1.97 bits per heavy atom. The first-order chi connectivity index (χ1) is 18.5. The number of benzene rings is 4. The summed E-state index contributed by atoms with van der Waals surface area (Å²) >= 11 is -2.69. The molecule has 188 valence electrons. The summed E-state index contributed by atoms with van der Waals surface area (Å²) in [6, 6.07) is 38.7. The van der Waals surface area contributed by atoms with Crippen molar-refractivity contribution in [1.82, 2.24) is 0 Å². The van der Waals surface area contributed by atoms with E-state index in [4.69, 9.17) is 0 Å². The van der Waals surface area contributed by atoms with Crippen LogP contribution in [0.1, 0.15) is 56.4 Å². The first-order valence-corrected chi connectivity index (χ1v) is 17.6. The van der Waals surface area contributed by atoms with Crippen molar-refractivity contribution in [3.63, 3.8) is 0 Å². The van der Waals surface area contributed by atoms with E-state index in [1.54, 1.807) is 15.3 Å². The van der Waals surface area contributed by atoms with Crippen LogP contribution in [0.2, 0.25) is 0 Å². The minimum atomic E-state index is -2.69. The molecule has 1 atom stereocenters. The topological polar surface area (TPSA) is 0 Å². The van der Waals surface area contributed by atoms with Crippen LogP contribution in [0.25, 0.3) is 11.1 Å². The van der Waals surface area contributed by atoms with Gasteiger partial charge in [0.05, 0.1) is 0 Å². The molecule has 1 unspecified atom stereocenters. The number of rotatable bonds is 5. The zero-order valence-electron chi connectivity index (χ0n) is 23.0. The Kier molecular flexibility index (Phi) is 6.92. The number of allylic oxidation sites excluding steroid dienone is 4. The van der Waals surface area contributed by atoms with Crippen LogP contribution in [-0.2, 0) is 27.7 Å². The van der Waals surface area contributed by atoms with Gasteiger partial charge in [0.15, 0.2) is 0 Å². The summed E-state index contributed by atoms with van der Waals surface area (Å²) in [5, 5.41) is 0. The molecule has 4 aromatic carbocycles. The Morgan fingerprint density at radius 2 is 1.34 bits per heavy atom. The van der Waals surface area contributed by atoms with Crippen molar-refractivity contribution in [3.8, 4) is 11.1 Å². The maximum atomic E-state index is 2.64. The second kappa shape index (κ2) is 10.4. The van der Waals surface area contributed by atoms with E-state index in [0.717, 1.165) is 12.8 Å². The monoisotopic (exact) mass is 570 g/mol. The normalized spacial score (nSPS) is 15.9. The van der Waals surface area contributed by atoms with Crippen LogP contribution in [-0.4, -0.2) is 3.21 Å². The first kappa shape index (κ1) is 25.4. The van der Waals surface area contributed by atoms with E-state index in [1.165, 1.54) is 33.4 Å². The van der Waals surface area contributed by atoms with Crippen molar-refractivity contribution >= 4 is 6.48 Å². The Hall–Kier alpha value is -2.89. The molecule has 38 heavy (non-hydrogen) atoms. The van der Waals surface area contributed by atoms with Gasteiger partial charge in [-0.05, 0) is 0 Å². The van der Waals surface area contributed by atoms with Gasteiger partial charge in [-0.15, -0.1) is 0 Å². The van der Waals surface area contributed by atoms with Gasteiger partial charge in [-0.2, -0.15) is 0 Å². The summed E-state index contributed by atoms with van der Waals surface area (Å²) in [6.45, 7) is 9.47. The molecule has 0 fully saturated rings. The summed E-state index contributed by atoms with van der Waals surface area (Å²) in [6.07, 6.45) is 7.44. The maximum absolute atomic E-state index is 2.69. The van der Waals surface area contributed by atoms with Crippen molar-refractivity contribution in [1.29, 1.82) is 0 Å². The molecule has 0 N–H and O–H groups in total. The standard InChI is InChI=1S/C13H9.C13H10.C11H17.Zr/c1-3-7-12-10(5-1)9-11-6-2-4-8-13(11)12;1-3-7-12(8-4-1)11-13-9-5-2-6-10-13;1-5-9-6-7-10(8-9)11(2,3)4;/h1-5,7-8H,9H2;1-10H;7-9H,5H2,1-4H3;. The Morgan fingerprint density at radius 1 is 0.737 bits per heavy atom. The van der Waals surface area contributed by atoms with Gasteiger partial charge in [0.1, 0.15) is 0 Å². The molecule has 0 aromatic heterocycles. The van der Waals surface area contributed by atoms with E-state index < -0.39 is 21.3 Å². The van der Waals surface area contributed by atoms with Gasteiger partial charge in [-0.25, -0.2) is 0 Å². The van der Waals surface area contributed by atoms with Crippen molar-refractivity contribution < 1.29 is 21.3 Å². The first-order valence-electron chi connectivity index (χ1n) is 14.0. The molecule has 0 nitrogen and oxygen atoms in total. The Balaban J connectivity index is 1.70. The van der Waals surface area contributed by atoms with E-state index in [0.29, 0.717) is 5.92 Å². The molecule has 4 aromatic rings. The van der Waals surface area contributed by atoms with Gasteiger partial charge in [-0.1, -0.05) is 0 Å². The number of hydrogen-bond donors (Lipinski definition) is 0. The predicted octanol–water partition coefficient (Wildman–Crippen LogP) is 8.67. The molecule has 0 bridgehead atoms. The van der Waals surface area contributed by atoms with Crippen LogP contribution in [0.5, 0.6) is 0 Å². The van der Waals surface area contributed by atoms with Crippen molar-refractivity contribution in [2.75, 3.05) is 0 Å². The van der Waals surface area contributed by atoms with E-state index in [2.05, 4.69) is 143 Å². The average Bonchev–Trinajstić information content (AvgIpc) is 3.55. The summed E-state index contributed by atoms with van der Waals surface area (Å²) in [5.41, 5.74) is 10.4. The van der Waals surface area contributed by atoms with Gasteiger partial charge >= 0.3 is 237 Å². The van der Waals surface area contributed by atoms with Crippen LogP contribution in [0.3, 0.4) is 0 Å². The fourth-order valence-corrected chi connectivity index (χ4v) is 14.8. The SMILES string of the molecule is CCC1C=C(C(C)(C)C)C=[C]1[Zr](=[C](c1ccccc1)c1ccccc1)[c]1cccc2c1Cc1ccccc1-2. The molecule has 6 rings (SSSR count). The van der Waals surface area contributed by atoms with Gasteiger partial charge in [-0.3, -0.25) is 0 Å². The molecular formula is C37H36Zr. The molecule has 2 aliphatic carbocycles. The van der Waals surface area contributed by atoms with Crippen molar-refractivity contribution in [2.45, 2.75) is 40.5 Å². The Bertz CT molecular complexity index is 1540. The van der Waals surface area contributed by atoms with E-state index in [9.17, 15) is 0 Å². The van der Waals surface area contributed by atoms with Crippen LogP contribution < -0.4 is 3.27 Å². The van der Waals surface area contributed by atoms with Gasteiger partial charge in [0.25, 0.3) is 0 Å². The molecular weight excluding hydrogens is 536 g/mol. The summed E-state index contributed by atoms with van der Waals surface area (Å²) in [4.78, 5) is 0. The molecule has 0 amide bonds. The molecule has 0 saturated carbocycles. The third-order valence-corrected chi connectivity index (χ3v) is 16.0. The average molecular weight is 572 g/mol. The van der Waals surface area contributed by atoms with Gasteiger partial charge in [0, 0.05) is 0 Å². The zero-order chi connectivity index (χ0) is 26.3. The van der Waals surface area contributed by atoms with Crippen LogP contribution in [0, 0.1) is 11.3 Å². The molecule has 1 heteroatoms. The second-order valence-corrected chi connectivity index (χ2v) is 17.4. The van der Waals surface area contributed by atoms with Gasteiger partial charge in [0.2, 0.25) is 0 Å². The quantitative estimate of drug-likeness (QED) is 0.198. The van der Waals surface area contributed by atoms with Crippen LogP contribution in [0.4, 0.5) is 0 Å². The van der Waals surface area contributed by atoms with E-state index in [1.807, 2.05) is 0 Å². The summed E-state index contributed by atoms with van der Waals surface area (Å²) in [7, 11) is 0. The van der Waals surface area contributed by atoms with Crippen molar-refractivity contribution in [3.05, 3.63) is 146 Å². The number of hydrogen-bond acceptors (Lipinski definition) is 0. The second-order valence-electron chi connectivity index (χ2n) is 11.6. The fraction of sp³-hybridized carbons (Fsp3) is 0.216. The fourth-order valence-electron chi connectivity index (χ4n) is 6.18. The zero-order valence-corrected chi connectivity index (χ0v) is 25.4.